The van der Waals surface area contributed by atoms with Gasteiger partial charge in [0.2, 0.25) is 5.75 Å². The summed E-state index contributed by atoms with van der Waals surface area (Å²) in [4.78, 5) is 0. The number of benzene rings is 1. The zero-order valence-electron chi connectivity index (χ0n) is 9.26. The van der Waals surface area contributed by atoms with Crippen LogP contribution >= 0.6 is 37.9 Å². The molecular formula is C12H12O3S3. The van der Waals surface area contributed by atoms with Gasteiger partial charge < -0.3 is 14.2 Å². The molecule has 6 heteroatoms. The average Bonchev–Trinajstić information content (AvgIpc) is 2.41. The number of rotatable bonds is 6. The van der Waals surface area contributed by atoms with Crippen molar-refractivity contribution >= 4 is 37.9 Å². The highest BCUT2D eigenvalue weighted by molar-refractivity contribution is 7.83. The zero-order chi connectivity index (χ0) is 13.2. The molecule has 0 aliphatic carbocycles. The Balaban J connectivity index is 3.06. The van der Waals surface area contributed by atoms with Crippen LogP contribution in [-0.2, 0) is 0 Å². The zero-order valence-corrected chi connectivity index (χ0v) is 11.9. The molecule has 0 aliphatic rings. The monoisotopic (exact) mass is 300 g/mol. The Hall–Kier alpha value is -1.11. The van der Waals surface area contributed by atoms with Gasteiger partial charge in [-0.2, -0.15) is 0 Å². The first-order valence-corrected chi connectivity index (χ1v) is 6.39. The molecule has 0 N–H and O–H groups in total. The Morgan fingerprint density at radius 1 is 0.722 bits per heavy atom. The molecular weight excluding hydrogens is 288 g/mol. The fourth-order valence-electron chi connectivity index (χ4n) is 1.10. The smallest absolute Gasteiger partial charge is 0.211 e. The summed E-state index contributed by atoms with van der Waals surface area (Å²) in [5.41, 5.74) is 0. The van der Waals surface area contributed by atoms with Gasteiger partial charge in [0.1, 0.15) is 0 Å². The molecule has 0 saturated heterocycles. The van der Waals surface area contributed by atoms with Crippen molar-refractivity contribution in [3.05, 3.63) is 53.2 Å². The third-order valence-electron chi connectivity index (χ3n) is 1.70. The lowest BCUT2D eigenvalue weighted by Gasteiger charge is -2.11. The third-order valence-corrected chi connectivity index (χ3v) is 2.07. The minimum absolute atomic E-state index is 0.431. The van der Waals surface area contributed by atoms with Gasteiger partial charge in [0.15, 0.2) is 11.5 Å². The molecule has 0 fully saturated rings. The summed E-state index contributed by atoms with van der Waals surface area (Å²) < 4.78 is 16.1. The summed E-state index contributed by atoms with van der Waals surface area (Å²) >= 11 is 11.7. The Morgan fingerprint density at radius 3 is 1.61 bits per heavy atom. The second kappa shape index (κ2) is 8.91. The topological polar surface area (TPSA) is 27.7 Å². The van der Waals surface area contributed by atoms with Crippen LogP contribution in [-0.4, -0.2) is 0 Å². The van der Waals surface area contributed by atoms with E-state index in [1.807, 2.05) is 0 Å². The first kappa shape index (κ1) is 14.9. The lowest BCUT2D eigenvalue weighted by atomic mass is 10.3. The van der Waals surface area contributed by atoms with Gasteiger partial charge in [0.25, 0.3) is 0 Å². The number of thiol groups is 3. The molecule has 0 bridgehead atoms. The Bertz CT molecular complexity index is 424. The van der Waals surface area contributed by atoms with Gasteiger partial charge in [-0.25, -0.2) is 0 Å². The Kier molecular flexibility index (Phi) is 7.40. The molecule has 0 aromatic heterocycles. The van der Waals surface area contributed by atoms with E-state index in [9.17, 15) is 0 Å². The van der Waals surface area contributed by atoms with Gasteiger partial charge in [-0.15, -0.1) is 37.9 Å². The molecule has 1 aromatic rings. The SMILES string of the molecule is SC=COc1cccc(OC=CS)c1OC=CS. The van der Waals surface area contributed by atoms with Crippen molar-refractivity contribution in [2.75, 3.05) is 0 Å². The van der Waals surface area contributed by atoms with Crippen LogP contribution in [0, 0.1) is 0 Å². The standard InChI is InChI=1S/C12H12O3S3/c16-7-4-13-10-2-1-3-11(14-5-8-17)12(10)15-6-9-18/h1-9,16-18H. The predicted molar refractivity (Wildman–Crippen MR) is 82.7 cm³/mol. The lowest BCUT2D eigenvalue weighted by Crippen LogP contribution is -1.92. The maximum atomic E-state index is 5.39. The largest absolute Gasteiger partial charge is 0.460 e. The fraction of sp³-hybridized carbons (Fsp3) is 0. The second-order valence-electron chi connectivity index (χ2n) is 2.79. The average molecular weight is 300 g/mol. The van der Waals surface area contributed by atoms with Crippen LogP contribution in [0.3, 0.4) is 0 Å². The quantitative estimate of drug-likeness (QED) is 0.547. The van der Waals surface area contributed by atoms with E-state index in [4.69, 9.17) is 14.2 Å². The van der Waals surface area contributed by atoms with Gasteiger partial charge in [-0.1, -0.05) is 6.07 Å². The first-order valence-electron chi connectivity index (χ1n) is 4.84. The number of para-hydroxylation sites is 1. The summed E-state index contributed by atoms with van der Waals surface area (Å²) in [6.07, 6.45) is 4.26. The van der Waals surface area contributed by atoms with Crippen molar-refractivity contribution < 1.29 is 14.2 Å². The molecule has 0 unspecified atom stereocenters. The van der Waals surface area contributed by atoms with E-state index in [1.54, 1.807) is 18.2 Å². The molecule has 0 aliphatic heterocycles. The van der Waals surface area contributed by atoms with E-state index < -0.39 is 0 Å². The number of ether oxygens (including phenoxy) is 3. The third kappa shape index (κ3) is 4.64. The van der Waals surface area contributed by atoms with Gasteiger partial charge in [0, 0.05) is 16.2 Å². The molecule has 0 saturated carbocycles. The minimum Gasteiger partial charge on any atom is -0.460 e. The highest BCUT2D eigenvalue weighted by Gasteiger charge is 2.10. The van der Waals surface area contributed by atoms with E-state index >= 15 is 0 Å². The molecule has 0 amide bonds. The van der Waals surface area contributed by atoms with Crippen molar-refractivity contribution in [1.29, 1.82) is 0 Å². The van der Waals surface area contributed by atoms with Gasteiger partial charge in [-0.05, 0) is 12.1 Å². The molecule has 96 valence electrons. The summed E-state index contributed by atoms with van der Waals surface area (Å²) in [6.45, 7) is 0. The van der Waals surface area contributed by atoms with Crippen molar-refractivity contribution in [2.24, 2.45) is 0 Å². The Labute approximate surface area is 122 Å². The van der Waals surface area contributed by atoms with E-state index in [0.29, 0.717) is 17.2 Å². The summed E-state index contributed by atoms with van der Waals surface area (Å²) in [7, 11) is 0. The highest BCUT2D eigenvalue weighted by Crippen LogP contribution is 2.37. The molecule has 3 nitrogen and oxygen atoms in total. The Morgan fingerprint density at radius 2 is 1.17 bits per heavy atom. The van der Waals surface area contributed by atoms with Crippen LogP contribution in [0.2, 0.25) is 0 Å². The van der Waals surface area contributed by atoms with Gasteiger partial charge in [-0.3, -0.25) is 0 Å². The summed E-state index contributed by atoms with van der Waals surface area (Å²) in [5.74, 6) is 1.43. The maximum absolute atomic E-state index is 5.39. The van der Waals surface area contributed by atoms with Crippen molar-refractivity contribution in [3.63, 3.8) is 0 Å². The van der Waals surface area contributed by atoms with Crippen LogP contribution in [0.5, 0.6) is 17.2 Å². The minimum atomic E-state index is 0.431. The highest BCUT2D eigenvalue weighted by atomic mass is 32.1. The van der Waals surface area contributed by atoms with Gasteiger partial charge >= 0.3 is 0 Å². The molecule has 1 rings (SSSR count). The van der Waals surface area contributed by atoms with Crippen LogP contribution in [0.15, 0.2) is 53.2 Å². The normalized spacial score (nSPS) is 11.5. The van der Waals surface area contributed by atoms with Crippen LogP contribution in [0.25, 0.3) is 0 Å². The van der Waals surface area contributed by atoms with E-state index in [-0.39, 0.29) is 0 Å². The van der Waals surface area contributed by atoms with E-state index in [0.717, 1.165) is 0 Å². The van der Waals surface area contributed by atoms with Crippen LogP contribution in [0.1, 0.15) is 0 Å². The predicted octanol–water partition coefficient (Wildman–Crippen LogP) is 4.03. The summed E-state index contributed by atoms with van der Waals surface area (Å²) in [5, 5.41) is 4.40. The van der Waals surface area contributed by atoms with E-state index in [2.05, 4.69) is 37.9 Å². The molecule has 0 heterocycles. The van der Waals surface area contributed by atoms with Gasteiger partial charge in [0.05, 0.1) is 18.8 Å². The lowest BCUT2D eigenvalue weighted by molar-refractivity contribution is 0.385. The molecule has 18 heavy (non-hydrogen) atoms. The van der Waals surface area contributed by atoms with Crippen molar-refractivity contribution in [2.45, 2.75) is 0 Å². The molecule has 1 aromatic carbocycles. The number of hydrogen-bond acceptors (Lipinski definition) is 6. The maximum Gasteiger partial charge on any atom is 0.211 e. The number of hydrogen-bond donors (Lipinski definition) is 3. The first-order chi connectivity index (χ1) is 8.83. The molecule has 0 atom stereocenters. The fourth-order valence-corrected chi connectivity index (χ4v) is 1.29. The van der Waals surface area contributed by atoms with E-state index in [1.165, 1.54) is 35.0 Å². The molecule has 0 spiro atoms. The second-order valence-corrected chi connectivity index (χ2v) is 3.69. The molecule has 0 radical (unpaired) electrons. The van der Waals surface area contributed by atoms with Crippen LogP contribution < -0.4 is 14.2 Å². The van der Waals surface area contributed by atoms with Crippen LogP contribution in [0.4, 0.5) is 0 Å². The van der Waals surface area contributed by atoms with Crippen molar-refractivity contribution in [3.8, 4) is 17.2 Å². The summed E-state index contributed by atoms with van der Waals surface area (Å²) in [6, 6.07) is 5.26. The van der Waals surface area contributed by atoms with Crippen molar-refractivity contribution in [1.82, 2.24) is 0 Å².